The summed E-state index contributed by atoms with van der Waals surface area (Å²) >= 11 is 0. The van der Waals surface area contributed by atoms with Crippen LogP contribution in [0.4, 0.5) is 10.5 Å². The molecule has 0 aliphatic heterocycles. The van der Waals surface area contributed by atoms with Crippen molar-refractivity contribution < 1.29 is 9.53 Å². The van der Waals surface area contributed by atoms with E-state index in [1.165, 1.54) is 18.5 Å². The minimum Gasteiger partial charge on any atom is -0.492 e. The Balaban J connectivity index is 1.37. The van der Waals surface area contributed by atoms with Crippen LogP contribution in [0.3, 0.4) is 0 Å². The van der Waals surface area contributed by atoms with Crippen molar-refractivity contribution in [1.82, 2.24) is 20.1 Å². The number of hydrogen-bond donors (Lipinski definition) is 2. The number of anilines is 1. The van der Waals surface area contributed by atoms with Crippen molar-refractivity contribution in [3.05, 3.63) is 60.6 Å². The van der Waals surface area contributed by atoms with Gasteiger partial charge in [0.2, 0.25) is 0 Å². The maximum absolute atomic E-state index is 12.3. The van der Waals surface area contributed by atoms with Crippen LogP contribution in [0, 0.1) is 0 Å². The first-order valence-electron chi connectivity index (χ1n) is 9.99. The van der Waals surface area contributed by atoms with Crippen LogP contribution in [0.2, 0.25) is 0 Å². The Morgan fingerprint density at radius 2 is 2.00 bits per heavy atom. The van der Waals surface area contributed by atoms with E-state index in [9.17, 15) is 4.79 Å². The first-order chi connectivity index (χ1) is 14.2. The van der Waals surface area contributed by atoms with Crippen LogP contribution in [-0.4, -0.2) is 33.9 Å². The summed E-state index contributed by atoms with van der Waals surface area (Å²) in [5, 5.41) is 10.5. The van der Waals surface area contributed by atoms with Gasteiger partial charge in [-0.1, -0.05) is 12.1 Å². The quantitative estimate of drug-likeness (QED) is 0.607. The third kappa shape index (κ3) is 4.74. The van der Waals surface area contributed by atoms with E-state index in [2.05, 4.69) is 21.7 Å². The van der Waals surface area contributed by atoms with Crippen LogP contribution < -0.4 is 15.4 Å². The second kappa shape index (κ2) is 8.77. The summed E-state index contributed by atoms with van der Waals surface area (Å²) in [5.74, 6) is 1.24. The Hall–Kier alpha value is -3.35. The molecule has 7 nitrogen and oxygen atoms in total. The number of para-hydroxylation sites is 2. The minimum atomic E-state index is -0.258. The lowest BCUT2D eigenvalue weighted by Crippen LogP contribution is -2.32. The number of nitrogens with zero attached hydrogens (tertiary/aromatic N) is 3. The molecule has 3 aromatic rings. The van der Waals surface area contributed by atoms with E-state index in [1.54, 1.807) is 12.4 Å². The van der Waals surface area contributed by atoms with Crippen molar-refractivity contribution in [3.8, 4) is 17.0 Å². The van der Waals surface area contributed by atoms with Gasteiger partial charge in [-0.3, -0.25) is 9.67 Å². The molecule has 0 radical (unpaired) electrons. The smallest absolute Gasteiger partial charge is 0.319 e. The van der Waals surface area contributed by atoms with Gasteiger partial charge >= 0.3 is 6.03 Å². The van der Waals surface area contributed by atoms with Gasteiger partial charge in [0, 0.05) is 36.1 Å². The monoisotopic (exact) mass is 391 g/mol. The molecule has 2 heterocycles. The molecule has 2 N–H and O–H groups in total. The normalized spacial score (nSPS) is 13.1. The zero-order valence-corrected chi connectivity index (χ0v) is 16.5. The van der Waals surface area contributed by atoms with E-state index in [1.807, 2.05) is 48.0 Å². The number of carbonyl (C=O) groups excluding carboxylic acids is 1. The molecule has 1 aromatic carbocycles. The molecule has 1 saturated carbocycles. The van der Waals surface area contributed by atoms with Crippen molar-refractivity contribution in [1.29, 1.82) is 0 Å². The summed E-state index contributed by atoms with van der Waals surface area (Å²) < 4.78 is 7.56. The van der Waals surface area contributed by atoms with Gasteiger partial charge in [0.25, 0.3) is 0 Å². The van der Waals surface area contributed by atoms with E-state index in [-0.39, 0.29) is 6.03 Å². The first-order valence-corrected chi connectivity index (χ1v) is 9.99. The number of ether oxygens (including phenoxy) is 1. The Kier molecular flexibility index (Phi) is 5.74. The van der Waals surface area contributed by atoms with Gasteiger partial charge in [-0.05, 0) is 50.1 Å². The fourth-order valence-electron chi connectivity index (χ4n) is 3.27. The highest BCUT2D eigenvalue weighted by Gasteiger charge is 2.28. The molecule has 2 amide bonds. The van der Waals surface area contributed by atoms with E-state index in [4.69, 9.17) is 9.84 Å². The lowest BCUT2D eigenvalue weighted by atomic mass is 10.2. The number of aromatic nitrogens is 3. The summed E-state index contributed by atoms with van der Waals surface area (Å²) in [6.45, 7) is 3.57. The SMILES string of the molecule is CCOc1ccccc1NC(=O)NCCn1nc(-c2ccncc2)cc1C1CC1. The highest BCUT2D eigenvalue weighted by molar-refractivity contribution is 5.90. The molecule has 7 heteroatoms. The van der Waals surface area contributed by atoms with Crippen LogP contribution >= 0.6 is 0 Å². The highest BCUT2D eigenvalue weighted by Crippen LogP contribution is 2.41. The molecule has 150 valence electrons. The number of hydrogen-bond acceptors (Lipinski definition) is 4. The van der Waals surface area contributed by atoms with Crippen molar-refractivity contribution in [2.45, 2.75) is 32.2 Å². The Labute approximate surface area is 170 Å². The summed E-state index contributed by atoms with van der Waals surface area (Å²) in [6.07, 6.45) is 5.95. The molecule has 2 aromatic heterocycles. The van der Waals surface area contributed by atoms with Gasteiger partial charge in [-0.15, -0.1) is 0 Å². The zero-order chi connectivity index (χ0) is 20.1. The molecule has 29 heavy (non-hydrogen) atoms. The van der Waals surface area contributed by atoms with Gasteiger partial charge in [-0.25, -0.2) is 4.79 Å². The maximum atomic E-state index is 12.3. The van der Waals surface area contributed by atoms with Gasteiger partial charge in [-0.2, -0.15) is 5.10 Å². The van der Waals surface area contributed by atoms with Crippen molar-refractivity contribution in [3.63, 3.8) is 0 Å². The Bertz CT molecular complexity index is 966. The molecule has 0 atom stereocenters. The summed E-state index contributed by atoms with van der Waals surface area (Å²) in [5.41, 5.74) is 3.90. The number of benzene rings is 1. The van der Waals surface area contributed by atoms with Gasteiger partial charge < -0.3 is 15.4 Å². The molecule has 4 rings (SSSR count). The molecule has 0 bridgehead atoms. The summed E-state index contributed by atoms with van der Waals surface area (Å²) in [7, 11) is 0. The molecule has 0 spiro atoms. The van der Waals surface area contributed by atoms with Crippen LogP contribution in [0.5, 0.6) is 5.75 Å². The highest BCUT2D eigenvalue weighted by atomic mass is 16.5. The average Bonchev–Trinajstić information content (AvgIpc) is 3.50. The number of rotatable bonds is 8. The predicted octanol–water partition coefficient (Wildman–Crippen LogP) is 4.04. The lowest BCUT2D eigenvalue weighted by molar-refractivity contribution is 0.251. The molecule has 1 fully saturated rings. The van der Waals surface area contributed by atoms with E-state index in [0.29, 0.717) is 37.1 Å². The number of carbonyl (C=O) groups is 1. The second-order valence-corrected chi connectivity index (χ2v) is 7.00. The number of amides is 2. The standard InChI is InChI=1S/C22H25N5O2/c1-2-29-21-6-4-3-5-18(21)25-22(28)24-13-14-27-20(17-7-8-17)15-19(26-27)16-9-11-23-12-10-16/h3-6,9-12,15,17H,2,7-8,13-14H2,1H3,(H2,24,25,28). The lowest BCUT2D eigenvalue weighted by Gasteiger charge is -2.12. The van der Waals surface area contributed by atoms with Gasteiger partial charge in [0.15, 0.2) is 0 Å². The fourth-order valence-corrected chi connectivity index (χ4v) is 3.27. The van der Waals surface area contributed by atoms with Gasteiger partial charge in [0.1, 0.15) is 5.75 Å². The van der Waals surface area contributed by atoms with Crippen LogP contribution in [0.1, 0.15) is 31.4 Å². The molecule has 1 aliphatic carbocycles. The fraction of sp³-hybridized carbons (Fsp3) is 0.318. The van der Waals surface area contributed by atoms with Crippen LogP contribution in [0.15, 0.2) is 54.9 Å². The third-order valence-corrected chi connectivity index (χ3v) is 4.83. The molecular weight excluding hydrogens is 366 g/mol. The average molecular weight is 391 g/mol. The second-order valence-electron chi connectivity index (χ2n) is 7.00. The minimum absolute atomic E-state index is 0.258. The van der Waals surface area contributed by atoms with E-state index < -0.39 is 0 Å². The van der Waals surface area contributed by atoms with Crippen molar-refractivity contribution in [2.24, 2.45) is 0 Å². The molecule has 0 unspecified atom stereocenters. The largest absolute Gasteiger partial charge is 0.492 e. The van der Waals surface area contributed by atoms with Crippen molar-refractivity contribution in [2.75, 3.05) is 18.5 Å². The van der Waals surface area contributed by atoms with Crippen molar-refractivity contribution >= 4 is 11.7 Å². The maximum Gasteiger partial charge on any atom is 0.319 e. The number of nitrogens with one attached hydrogen (secondary N) is 2. The van der Waals surface area contributed by atoms with E-state index in [0.717, 1.165) is 11.3 Å². The third-order valence-electron chi connectivity index (χ3n) is 4.83. The van der Waals surface area contributed by atoms with Crippen LogP contribution in [0.25, 0.3) is 11.3 Å². The van der Waals surface area contributed by atoms with Gasteiger partial charge in [0.05, 0.1) is 24.5 Å². The summed E-state index contributed by atoms with van der Waals surface area (Å²) in [4.78, 5) is 16.4. The summed E-state index contributed by atoms with van der Waals surface area (Å²) in [6, 6.07) is 13.2. The first kappa shape index (κ1) is 19.0. The molecule has 1 aliphatic rings. The molecule has 0 saturated heterocycles. The Morgan fingerprint density at radius 3 is 2.76 bits per heavy atom. The topological polar surface area (TPSA) is 81.1 Å². The number of urea groups is 1. The predicted molar refractivity (Wildman–Crippen MR) is 112 cm³/mol. The number of pyridine rings is 1. The Morgan fingerprint density at radius 1 is 1.21 bits per heavy atom. The van der Waals surface area contributed by atoms with Crippen LogP contribution in [-0.2, 0) is 6.54 Å². The zero-order valence-electron chi connectivity index (χ0n) is 16.5. The van der Waals surface area contributed by atoms with E-state index >= 15 is 0 Å². The molecular formula is C22H25N5O2.